The first-order chi connectivity index (χ1) is 7.09. The quantitative estimate of drug-likeness (QED) is 0.752. The lowest BCUT2D eigenvalue weighted by Gasteiger charge is -2.19. The van der Waals surface area contributed by atoms with Crippen LogP contribution in [-0.4, -0.2) is 17.8 Å². The van der Waals surface area contributed by atoms with Crippen LogP contribution in [0.5, 0.6) is 0 Å². The second-order valence-corrected chi connectivity index (χ2v) is 2.48. The van der Waals surface area contributed by atoms with Gasteiger partial charge in [-0.15, -0.1) is 0 Å². The van der Waals surface area contributed by atoms with Crippen molar-refractivity contribution in [2.75, 3.05) is 5.43 Å². The summed E-state index contributed by atoms with van der Waals surface area (Å²) in [5, 5.41) is 0.167. The highest BCUT2D eigenvalue weighted by atomic mass is 19.3. The van der Waals surface area contributed by atoms with E-state index in [9.17, 15) is 13.6 Å². The largest absolute Gasteiger partial charge is 0.367 e. The fraction of sp³-hybridized carbons (Fsp3) is 0.125. The van der Waals surface area contributed by atoms with E-state index in [1.807, 2.05) is 0 Å². The Kier molecular flexibility index (Phi) is 3.81. The first-order valence-electron chi connectivity index (χ1n) is 3.96. The van der Waals surface area contributed by atoms with Gasteiger partial charge >= 0.3 is 12.6 Å². The molecule has 3 N–H and O–H groups in total. The molecule has 0 unspecified atom stereocenters. The number of primary amides is 1. The van der Waals surface area contributed by atoms with Crippen molar-refractivity contribution in [1.29, 1.82) is 0 Å². The van der Waals surface area contributed by atoms with Gasteiger partial charge in [0.1, 0.15) is 0 Å². The van der Waals surface area contributed by atoms with E-state index in [1.165, 1.54) is 0 Å². The molecular formula is C8H9F2N3O2. The number of hydrogen-bond acceptors (Lipinski definition) is 3. The van der Waals surface area contributed by atoms with E-state index < -0.39 is 12.6 Å². The smallest absolute Gasteiger partial charge is 0.348 e. The molecule has 0 bridgehead atoms. The van der Waals surface area contributed by atoms with Gasteiger partial charge in [-0.25, -0.2) is 4.79 Å². The first kappa shape index (κ1) is 11.2. The van der Waals surface area contributed by atoms with Gasteiger partial charge in [-0.3, -0.25) is 5.43 Å². The lowest BCUT2D eigenvalue weighted by molar-refractivity contribution is -0.245. The predicted molar refractivity (Wildman–Crippen MR) is 48.6 cm³/mol. The van der Waals surface area contributed by atoms with Crippen molar-refractivity contribution in [1.82, 2.24) is 5.17 Å². The Morgan fingerprint density at radius 2 is 2.00 bits per heavy atom. The monoisotopic (exact) mass is 217 g/mol. The molecule has 0 saturated heterocycles. The summed E-state index contributed by atoms with van der Waals surface area (Å²) in [5.74, 6) is 0. The molecule has 0 aliphatic rings. The molecule has 0 aliphatic heterocycles. The Labute approximate surface area is 84.3 Å². The number of benzene rings is 1. The molecule has 0 atom stereocenters. The number of anilines is 1. The molecule has 82 valence electrons. The van der Waals surface area contributed by atoms with E-state index in [-0.39, 0.29) is 5.17 Å². The van der Waals surface area contributed by atoms with Crippen LogP contribution in [-0.2, 0) is 4.84 Å². The van der Waals surface area contributed by atoms with Crippen LogP contribution in [0.1, 0.15) is 0 Å². The molecule has 15 heavy (non-hydrogen) atoms. The number of para-hydroxylation sites is 1. The van der Waals surface area contributed by atoms with Crippen LogP contribution in [0.4, 0.5) is 19.3 Å². The summed E-state index contributed by atoms with van der Waals surface area (Å²) in [6, 6.07) is 7.00. The van der Waals surface area contributed by atoms with Crippen LogP contribution in [0.3, 0.4) is 0 Å². The number of alkyl halides is 2. The van der Waals surface area contributed by atoms with Crippen LogP contribution in [0.15, 0.2) is 30.3 Å². The minimum Gasteiger partial charge on any atom is -0.348 e. The maximum absolute atomic E-state index is 11.8. The molecule has 1 aromatic carbocycles. The molecule has 1 aromatic rings. The number of hydrogen-bond donors (Lipinski definition) is 2. The van der Waals surface area contributed by atoms with Crippen molar-refractivity contribution in [2.24, 2.45) is 5.73 Å². The summed E-state index contributed by atoms with van der Waals surface area (Å²) >= 11 is 0. The molecule has 5 nitrogen and oxygen atoms in total. The third-order valence-corrected chi connectivity index (χ3v) is 1.39. The average Bonchev–Trinajstić information content (AvgIpc) is 2.17. The van der Waals surface area contributed by atoms with Crippen molar-refractivity contribution in [3.05, 3.63) is 30.3 Å². The molecule has 0 aliphatic carbocycles. The number of carbonyl (C=O) groups is 1. The fourth-order valence-electron chi connectivity index (χ4n) is 0.843. The molecule has 1 rings (SSSR count). The number of nitrogens with zero attached hydrogens (tertiary/aromatic N) is 1. The summed E-state index contributed by atoms with van der Waals surface area (Å²) in [5.41, 5.74) is 7.47. The zero-order valence-corrected chi connectivity index (χ0v) is 7.56. The standard InChI is InChI=1S/C8H9F2N3O2/c9-7(10)15-13(8(11)14)12-6-4-2-1-3-5-6/h1-5,7,12H,(H2,11,14). The first-order valence-corrected chi connectivity index (χ1v) is 3.96. The molecule has 0 spiro atoms. The van der Waals surface area contributed by atoms with Crippen LogP contribution in [0, 0.1) is 0 Å². The summed E-state index contributed by atoms with van der Waals surface area (Å²) in [6.07, 6.45) is 0. The predicted octanol–water partition coefficient (Wildman–Crippen LogP) is 1.55. The van der Waals surface area contributed by atoms with Crippen molar-refractivity contribution in [2.45, 2.75) is 6.61 Å². The Hall–Kier alpha value is -1.89. The zero-order chi connectivity index (χ0) is 11.3. The second-order valence-electron chi connectivity index (χ2n) is 2.48. The Morgan fingerprint density at radius 1 is 1.40 bits per heavy atom. The molecule has 0 saturated carbocycles. The van der Waals surface area contributed by atoms with Gasteiger partial charge in [0.25, 0.3) is 0 Å². The highest BCUT2D eigenvalue weighted by Crippen LogP contribution is 2.08. The lowest BCUT2D eigenvalue weighted by Crippen LogP contribution is -2.41. The minimum absolute atomic E-state index is 0.167. The number of carbonyl (C=O) groups excluding carboxylic acids is 1. The van der Waals surface area contributed by atoms with E-state index in [1.54, 1.807) is 30.3 Å². The van der Waals surface area contributed by atoms with Crippen LogP contribution < -0.4 is 11.2 Å². The molecular weight excluding hydrogens is 208 g/mol. The maximum Gasteiger partial charge on any atom is 0.367 e. The van der Waals surface area contributed by atoms with Gasteiger partial charge in [-0.2, -0.15) is 13.6 Å². The number of amides is 2. The Morgan fingerprint density at radius 3 is 2.47 bits per heavy atom. The molecule has 0 heterocycles. The zero-order valence-electron chi connectivity index (χ0n) is 7.56. The van der Waals surface area contributed by atoms with Gasteiger partial charge in [0.05, 0.1) is 5.69 Å². The number of hydroxylamine groups is 1. The van der Waals surface area contributed by atoms with Gasteiger partial charge in [-0.05, 0) is 12.1 Å². The Bertz CT molecular complexity index is 321. The van der Waals surface area contributed by atoms with Crippen LogP contribution >= 0.6 is 0 Å². The van der Waals surface area contributed by atoms with Crippen LogP contribution in [0.25, 0.3) is 0 Å². The third kappa shape index (κ3) is 3.77. The number of urea groups is 1. The summed E-state index contributed by atoms with van der Waals surface area (Å²) < 4.78 is 23.7. The molecule has 2 amide bonds. The van der Waals surface area contributed by atoms with Gasteiger partial charge in [0.2, 0.25) is 0 Å². The SMILES string of the molecule is NC(=O)N(Nc1ccccc1)OC(F)F. The van der Waals surface area contributed by atoms with E-state index >= 15 is 0 Å². The van der Waals surface area contributed by atoms with Gasteiger partial charge in [0.15, 0.2) is 0 Å². The number of rotatable bonds is 4. The summed E-state index contributed by atoms with van der Waals surface area (Å²) in [6.45, 7) is -3.13. The minimum atomic E-state index is -3.13. The second kappa shape index (κ2) is 5.11. The maximum atomic E-state index is 11.8. The van der Waals surface area contributed by atoms with E-state index in [0.29, 0.717) is 5.69 Å². The molecule has 0 fully saturated rings. The van der Waals surface area contributed by atoms with Gasteiger partial charge in [0, 0.05) is 0 Å². The topological polar surface area (TPSA) is 67.6 Å². The van der Waals surface area contributed by atoms with E-state index in [2.05, 4.69) is 10.3 Å². The van der Waals surface area contributed by atoms with Crippen LogP contribution in [0.2, 0.25) is 0 Å². The summed E-state index contributed by atoms with van der Waals surface area (Å²) in [4.78, 5) is 14.5. The van der Waals surface area contributed by atoms with Crippen molar-refractivity contribution >= 4 is 11.7 Å². The summed E-state index contributed by atoms with van der Waals surface area (Å²) in [7, 11) is 0. The van der Waals surface area contributed by atoms with Gasteiger partial charge in [-0.1, -0.05) is 23.4 Å². The number of hydrazine groups is 1. The number of halogens is 2. The molecule has 0 radical (unpaired) electrons. The van der Waals surface area contributed by atoms with Gasteiger partial charge < -0.3 is 5.73 Å². The number of nitrogens with two attached hydrogens (primary N) is 1. The van der Waals surface area contributed by atoms with Crippen molar-refractivity contribution in [3.63, 3.8) is 0 Å². The third-order valence-electron chi connectivity index (χ3n) is 1.39. The normalized spacial score (nSPS) is 10.1. The van der Waals surface area contributed by atoms with Crippen molar-refractivity contribution in [3.8, 4) is 0 Å². The average molecular weight is 217 g/mol. The Balaban J connectivity index is 2.63. The van der Waals surface area contributed by atoms with Crippen molar-refractivity contribution < 1.29 is 18.4 Å². The number of nitrogens with one attached hydrogen (secondary N) is 1. The lowest BCUT2D eigenvalue weighted by atomic mass is 10.3. The fourth-order valence-corrected chi connectivity index (χ4v) is 0.843. The highest BCUT2D eigenvalue weighted by molar-refractivity contribution is 5.72. The van der Waals surface area contributed by atoms with E-state index in [4.69, 9.17) is 5.73 Å². The highest BCUT2D eigenvalue weighted by Gasteiger charge is 2.16. The molecule has 7 heteroatoms. The molecule has 0 aromatic heterocycles. The van der Waals surface area contributed by atoms with E-state index in [0.717, 1.165) is 0 Å².